The Kier molecular flexibility index (Phi) is 17.0. The van der Waals surface area contributed by atoms with Gasteiger partial charge in [0.05, 0.1) is 42.5 Å². The molecule has 8 heteroatoms. The second-order valence-electron chi connectivity index (χ2n) is 10.3. The standard InChI is InChI=1S/C30H48O8/c1-21-13-10-8-6-4-5-7-9-11-14-24(31)17-27(34)19-28(35)18-25(32)15-12-16-26(33)20-29(36)22(2)30(37)38-23(21)3/h4-11,13-14,21-29,31-36H,12,15-20H2,1-3H3. The van der Waals surface area contributed by atoms with Crippen molar-refractivity contribution in [2.45, 2.75) is 108 Å². The lowest BCUT2D eigenvalue weighted by molar-refractivity contribution is -0.158. The molecule has 9 atom stereocenters. The summed E-state index contributed by atoms with van der Waals surface area (Å²) in [4.78, 5) is 12.5. The van der Waals surface area contributed by atoms with Crippen LogP contribution < -0.4 is 0 Å². The smallest absolute Gasteiger partial charge is 0.311 e. The first kappa shape index (κ1) is 34.0. The van der Waals surface area contributed by atoms with Crippen LogP contribution in [0.4, 0.5) is 0 Å². The average Bonchev–Trinajstić information content (AvgIpc) is 2.83. The van der Waals surface area contributed by atoms with E-state index in [2.05, 4.69) is 0 Å². The number of aliphatic hydroxyl groups is 6. The van der Waals surface area contributed by atoms with Crippen LogP contribution in [0.5, 0.6) is 0 Å². The predicted octanol–water partition coefficient (Wildman–Crippen LogP) is 2.88. The molecule has 0 radical (unpaired) electrons. The van der Waals surface area contributed by atoms with Crippen molar-refractivity contribution in [3.8, 4) is 0 Å². The number of aliphatic hydroxyl groups excluding tert-OH is 6. The number of allylic oxidation sites excluding steroid dienone is 8. The van der Waals surface area contributed by atoms with Gasteiger partial charge < -0.3 is 35.4 Å². The molecular formula is C30H48O8. The van der Waals surface area contributed by atoms with Gasteiger partial charge in [0.25, 0.3) is 0 Å². The molecule has 1 aliphatic rings. The summed E-state index contributed by atoms with van der Waals surface area (Å²) in [7, 11) is 0. The molecule has 1 aliphatic heterocycles. The maximum absolute atomic E-state index is 12.5. The van der Waals surface area contributed by atoms with E-state index in [0.29, 0.717) is 19.3 Å². The van der Waals surface area contributed by atoms with Crippen LogP contribution in [0.25, 0.3) is 0 Å². The zero-order chi connectivity index (χ0) is 28.5. The molecule has 6 N–H and O–H groups in total. The summed E-state index contributed by atoms with van der Waals surface area (Å²) in [5.41, 5.74) is 0. The Morgan fingerprint density at radius 3 is 1.71 bits per heavy atom. The van der Waals surface area contributed by atoms with Gasteiger partial charge in [-0.05, 0) is 46.0 Å². The third-order valence-corrected chi connectivity index (χ3v) is 6.71. The molecule has 0 saturated carbocycles. The molecule has 8 nitrogen and oxygen atoms in total. The number of hydrogen-bond acceptors (Lipinski definition) is 8. The summed E-state index contributed by atoms with van der Waals surface area (Å²) in [5.74, 6) is -1.37. The lowest BCUT2D eigenvalue weighted by atomic mass is 9.95. The van der Waals surface area contributed by atoms with Crippen molar-refractivity contribution in [1.29, 1.82) is 0 Å². The Morgan fingerprint density at radius 2 is 1.11 bits per heavy atom. The summed E-state index contributed by atoms with van der Waals surface area (Å²) in [6.07, 6.45) is 13.4. The van der Waals surface area contributed by atoms with Gasteiger partial charge in [0.2, 0.25) is 0 Å². The Balaban J connectivity index is 2.83. The van der Waals surface area contributed by atoms with E-state index in [1.807, 2.05) is 43.4 Å². The van der Waals surface area contributed by atoms with Crippen molar-refractivity contribution in [1.82, 2.24) is 0 Å². The molecule has 0 aromatic carbocycles. The fourth-order valence-corrected chi connectivity index (χ4v) is 4.01. The van der Waals surface area contributed by atoms with Gasteiger partial charge in [-0.15, -0.1) is 0 Å². The van der Waals surface area contributed by atoms with E-state index in [4.69, 9.17) is 4.74 Å². The highest BCUT2D eigenvalue weighted by molar-refractivity contribution is 5.72. The molecule has 0 amide bonds. The van der Waals surface area contributed by atoms with Crippen LogP contribution in [0.2, 0.25) is 0 Å². The number of esters is 1. The van der Waals surface area contributed by atoms with Crippen LogP contribution in [0, 0.1) is 11.8 Å². The van der Waals surface area contributed by atoms with Crippen molar-refractivity contribution in [3.63, 3.8) is 0 Å². The van der Waals surface area contributed by atoms with Gasteiger partial charge in [-0.3, -0.25) is 4.79 Å². The monoisotopic (exact) mass is 536 g/mol. The molecular weight excluding hydrogens is 488 g/mol. The van der Waals surface area contributed by atoms with Gasteiger partial charge in [0, 0.05) is 18.8 Å². The Bertz CT molecular complexity index is 802. The SMILES string of the molecule is CC1C=CC=CC=CC=CC=CC(O)CC(O)CC(O)CC(O)CCCC(O)CC(O)C(C)C(=O)OC1C. The zero-order valence-corrected chi connectivity index (χ0v) is 22.9. The van der Waals surface area contributed by atoms with E-state index in [-0.39, 0.29) is 31.6 Å². The first-order chi connectivity index (χ1) is 18.0. The minimum absolute atomic E-state index is 0.00922. The summed E-state index contributed by atoms with van der Waals surface area (Å²) in [5, 5.41) is 61.3. The molecule has 0 saturated heterocycles. The second-order valence-corrected chi connectivity index (χ2v) is 10.3. The fraction of sp³-hybridized carbons (Fsp3) is 0.633. The third-order valence-electron chi connectivity index (χ3n) is 6.71. The molecule has 0 bridgehead atoms. The van der Waals surface area contributed by atoms with Crippen molar-refractivity contribution < 1.29 is 40.2 Å². The molecule has 0 aromatic heterocycles. The normalized spacial score (nSPS) is 36.3. The molecule has 0 spiro atoms. The summed E-state index contributed by atoms with van der Waals surface area (Å²) >= 11 is 0. The van der Waals surface area contributed by atoms with Gasteiger partial charge in [0.15, 0.2) is 0 Å². The number of hydrogen-bond donors (Lipinski definition) is 6. The van der Waals surface area contributed by atoms with Gasteiger partial charge in [-0.2, -0.15) is 0 Å². The van der Waals surface area contributed by atoms with E-state index >= 15 is 0 Å². The van der Waals surface area contributed by atoms with E-state index in [1.165, 1.54) is 0 Å². The minimum atomic E-state index is -1.07. The van der Waals surface area contributed by atoms with Crippen LogP contribution in [-0.4, -0.2) is 79.3 Å². The highest BCUT2D eigenvalue weighted by Gasteiger charge is 2.28. The van der Waals surface area contributed by atoms with Gasteiger partial charge in [-0.1, -0.05) is 67.7 Å². The molecule has 38 heavy (non-hydrogen) atoms. The summed E-state index contributed by atoms with van der Waals surface area (Å²) in [6.45, 7) is 5.30. The second kappa shape index (κ2) is 19.1. The maximum atomic E-state index is 12.5. The predicted molar refractivity (Wildman–Crippen MR) is 148 cm³/mol. The molecule has 0 aliphatic carbocycles. The van der Waals surface area contributed by atoms with Crippen molar-refractivity contribution in [2.24, 2.45) is 11.8 Å². The summed E-state index contributed by atoms with van der Waals surface area (Å²) < 4.78 is 5.52. The van der Waals surface area contributed by atoms with Crippen LogP contribution in [-0.2, 0) is 9.53 Å². The zero-order valence-electron chi connectivity index (χ0n) is 22.9. The molecule has 0 fully saturated rings. The quantitative estimate of drug-likeness (QED) is 0.259. The van der Waals surface area contributed by atoms with Crippen LogP contribution in [0.15, 0.2) is 60.8 Å². The molecule has 9 unspecified atom stereocenters. The Morgan fingerprint density at radius 1 is 0.632 bits per heavy atom. The minimum Gasteiger partial charge on any atom is -0.462 e. The maximum Gasteiger partial charge on any atom is 0.311 e. The van der Waals surface area contributed by atoms with E-state index in [0.717, 1.165) is 0 Å². The fourth-order valence-electron chi connectivity index (χ4n) is 4.01. The average molecular weight is 537 g/mol. The highest BCUT2D eigenvalue weighted by Crippen LogP contribution is 2.19. The van der Waals surface area contributed by atoms with Gasteiger partial charge in [0.1, 0.15) is 6.10 Å². The lowest BCUT2D eigenvalue weighted by Gasteiger charge is -2.24. The van der Waals surface area contributed by atoms with Crippen molar-refractivity contribution >= 4 is 5.97 Å². The van der Waals surface area contributed by atoms with Crippen molar-refractivity contribution in [3.05, 3.63) is 60.8 Å². The lowest BCUT2D eigenvalue weighted by Crippen LogP contribution is -2.33. The van der Waals surface area contributed by atoms with Crippen molar-refractivity contribution in [2.75, 3.05) is 0 Å². The third kappa shape index (κ3) is 15.4. The highest BCUT2D eigenvalue weighted by atomic mass is 16.5. The molecule has 0 aromatic rings. The first-order valence-corrected chi connectivity index (χ1v) is 13.6. The van der Waals surface area contributed by atoms with Crippen LogP contribution in [0.3, 0.4) is 0 Å². The number of carbonyl (C=O) groups excluding carboxylic acids is 1. The molecule has 216 valence electrons. The first-order valence-electron chi connectivity index (χ1n) is 13.6. The number of ether oxygens (including phenoxy) is 1. The number of cyclic esters (lactones) is 1. The van der Waals surface area contributed by atoms with E-state index in [1.54, 1.807) is 38.2 Å². The summed E-state index contributed by atoms with van der Waals surface area (Å²) in [6, 6.07) is 0. The molecule has 1 heterocycles. The topological polar surface area (TPSA) is 148 Å². The van der Waals surface area contributed by atoms with E-state index < -0.39 is 54.6 Å². The van der Waals surface area contributed by atoms with Crippen LogP contribution >= 0.6 is 0 Å². The number of carbonyl (C=O) groups is 1. The van der Waals surface area contributed by atoms with E-state index in [9.17, 15) is 35.4 Å². The van der Waals surface area contributed by atoms with Gasteiger partial charge in [-0.25, -0.2) is 0 Å². The Hall–Kier alpha value is -2.07. The van der Waals surface area contributed by atoms with Crippen LogP contribution in [0.1, 0.15) is 65.7 Å². The largest absolute Gasteiger partial charge is 0.462 e. The van der Waals surface area contributed by atoms with Gasteiger partial charge >= 0.3 is 5.97 Å². The number of rotatable bonds is 0. The molecule has 1 rings (SSSR count). The Labute approximate surface area is 227 Å².